The monoisotopic (exact) mass is 510 g/mol. The molecule has 0 amide bonds. The van der Waals surface area contributed by atoms with Crippen LogP contribution in [0.15, 0.2) is 58.0 Å². The molecular weight excluding hydrogens is 482 g/mol. The number of benzene rings is 2. The summed E-state index contributed by atoms with van der Waals surface area (Å²) in [7, 11) is 0. The van der Waals surface area contributed by atoms with Gasteiger partial charge in [-0.15, -0.1) is 22.0 Å². The standard InChI is InChI=1S/C26H28F2N6OS/c1-4-16(3)36-19-8-6-18(7-9-19)22-14-31-24(29)23(32-22)26-34-33-25(35-26)20-10-5-17(11-21(20)28)13-30-15(2)12-27/h5-11,14-16,30H,4,12-13H2,1-3H3,(H2,29,31). The van der Waals surface area contributed by atoms with Gasteiger partial charge in [-0.2, -0.15) is 0 Å². The predicted octanol–water partition coefficient (Wildman–Crippen LogP) is 5.92. The van der Waals surface area contributed by atoms with Crippen molar-refractivity contribution >= 4 is 17.6 Å². The van der Waals surface area contributed by atoms with Crippen LogP contribution >= 0.6 is 11.8 Å². The highest BCUT2D eigenvalue weighted by atomic mass is 32.2. The second-order valence-electron chi connectivity index (χ2n) is 8.51. The van der Waals surface area contributed by atoms with E-state index in [0.29, 0.717) is 23.1 Å². The van der Waals surface area contributed by atoms with Gasteiger partial charge in [-0.05, 0) is 43.2 Å². The summed E-state index contributed by atoms with van der Waals surface area (Å²) in [5.74, 6) is -0.359. The van der Waals surface area contributed by atoms with Crippen LogP contribution in [0.3, 0.4) is 0 Å². The van der Waals surface area contributed by atoms with Crippen LogP contribution in [0, 0.1) is 5.82 Å². The number of hydrogen-bond acceptors (Lipinski definition) is 8. The van der Waals surface area contributed by atoms with Crippen molar-refractivity contribution in [1.82, 2.24) is 25.5 Å². The Balaban J connectivity index is 1.55. The molecule has 3 N–H and O–H groups in total. The maximum absolute atomic E-state index is 14.8. The van der Waals surface area contributed by atoms with Crippen LogP contribution in [-0.2, 0) is 6.54 Å². The van der Waals surface area contributed by atoms with Crippen molar-refractivity contribution < 1.29 is 13.2 Å². The van der Waals surface area contributed by atoms with E-state index >= 15 is 0 Å². The first-order valence-electron chi connectivity index (χ1n) is 11.7. The van der Waals surface area contributed by atoms with Gasteiger partial charge >= 0.3 is 0 Å². The lowest BCUT2D eigenvalue weighted by atomic mass is 10.1. The average Bonchev–Trinajstić information content (AvgIpc) is 3.37. The summed E-state index contributed by atoms with van der Waals surface area (Å²) < 4.78 is 33.1. The molecule has 2 heterocycles. The third-order valence-corrected chi connectivity index (χ3v) is 6.92. The molecule has 0 saturated heterocycles. The van der Waals surface area contributed by atoms with Crippen molar-refractivity contribution in [3.63, 3.8) is 0 Å². The molecule has 0 radical (unpaired) electrons. The summed E-state index contributed by atoms with van der Waals surface area (Å²) in [6, 6.07) is 12.4. The Bertz CT molecular complexity index is 1310. The van der Waals surface area contributed by atoms with Gasteiger partial charge in [0, 0.05) is 28.3 Å². The SMILES string of the molecule is CCC(C)Sc1ccc(-c2cnc(N)c(-c3nnc(-c4ccc(CNC(C)CF)cc4F)o3)n2)cc1. The van der Waals surface area contributed by atoms with Crippen LogP contribution in [-0.4, -0.2) is 38.1 Å². The Labute approximate surface area is 213 Å². The largest absolute Gasteiger partial charge is 0.414 e. The van der Waals surface area contributed by atoms with E-state index in [0.717, 1.165) is 12.0 Å². The second kappa shape index (κ2) is 11.6. The third-order valence-electron chi connectivity index (χ3n) is 5.64. The Morgan fingerprint density at radius 2 is 1.83 bits per heavy atom. The van der Waals surface area contributed by atoms with Gasteiger partial charge in [-0.3, -0.25) is 0 Å². The highest BCUT2D eigenvalue weighted by Gasteiger charge is 2.19. The molecule has 0 aliphatic heterocycles. The number of alkyl halides is 1. The van der Waals surface area contributed by atoms with E-state index in [4.69, 9.17) is 10.2 Å². The third kappa shape index (κ3) is 6.06. The molecule has 0 aliphatic rings. The molecule has 0 fully saturated rings. The minimum Gasteiger partial charge on any atom is -0.414 e. The molecule has 0 spiro atoms. The zero-order chi connectivity index (χ0) is 25.7. The number of nitrogens with two attached hydrogens (primary N) is 1. The van der Waals surface area contributed by atoms with Gasteiger partial charge in [-0.25, -0.2) is 18.7 Å². The van der Waals surface area contributed by atoms with Gasteiger partial charge in [-0.1, -0.05) is 32.0 Å². The molecule has 188 valence electrons. The number of halogens is 2. The fraction of sp³-hybridized carbons (Fsp3) is 0.308. The molecule has 0 aliphatic carbocycles. The smallest absolute Gasteiger partial charge is 0.270 e. The number of rotatable bonds is 10. The molecule has 4 aromatic rings. The van der Waals surface area contributed by atoms with E-state index in [1.807, 2.05) is 23.9 Å². The molecule has 7 nitrogen and oxygen atoms in total. The lowest BCUT2D eigenvalue weighted by molar-refractivity contribution is 0.391. The highest BCUT2D eigenvalue weighted by molar-refractivity contribution is 7.99. The average molecular weight is 511 g/mol. The lowest BCUT2D eigenvalue weighted by Crippen LogP contribution is -2.27. The molecule has 10 heteroatoms. The highest BCUT2D eigenvalue weighted by Crippen LogP contribution is 2.31. The molecule has 2 aromatic carbocycles. The number of nitrogens with zero attached hydrogens (tertiary/aromatic N) is 4. The number of anilines is 1. The number of nitrogen functional groups attached to an aromatic ring is 1. The summed E-state index contributed by atoms with van der Waals surface area (Å²) in [5, 5.41) is 11.5. The van der Waals surface area contributed by atoms with Gasteiger partial charge in [0.15, 0.2) is 11.5 Å². The minimum absolute atomic E-state index is 0.00263. The van der Waals surface area contributed by atoms with Crippen LogP contribution in [0.4, 0.5) is 14.6 Å². The van der Waals surface area contributed by atoms with Gasteiger partial charge in [0.05, 0.1) is 17.5 Å². The fourth-order valence-corrected chi connectivity index (χ4v) is 4.26. The van der Waals surface area contributed by atoms with Gasteiger partial charge < -0.3 is 15.5 Å². The van der Waals surface area contributed by atoms with Crippen molar-refractivity contribution in [1.29, 1.82) is 0 Å². The first kappa shape index (κ1) is 25.7. The zero-order valence-electron chi connectivity index (χ0n) is 20.3. The number of aromatic nitrogens is 4. The number of hydrogen-bond donors (Lipinski definition) is 2. The summed E-state index contributed by atoms with van der Waals surface area (Å²) >= 11 is 1.82. The fourth-order valence-electron chi connectivity index (χ4n) is 3.33. The Hall–Kier alpha value is -3.37. The number of nitrogens with one attached hydrogen (secondary N) is 1. The first-order chi connectivity index (χ1) is 17.4. The summed E-state index contributed by atoms with van der Waals surface area (Å²) in [6.07, 6.45) is 2.68. The first-order valence-corrected chi connectivity index (χ1v) is 12.6. The van der Waals surface area contributed by atoms with E-state index in [-0.39, 0.29) is 34.9 Å². The lowest BCUT2D eigenvalue weighted by Gasteiger charge is -2.10. The minimum atomic E-state index is -0.527. The van der Waals surface area contributed by atoms with Crippen molar-refractivity contribution in [2.45, 2.75) is 49.9 Å². The molecule has 2 unspecified atom stereocenters. The summed E-state index contributed by atoms with van der Waals surface area (Å²) in [5.41, 5.74) is 8.57. The van der Waals surface area contributed by atoms with Gasteiger partial charge in [0.25, 0.3) is 11.8 Å². The van der Waals surface area contributed by atoms with Gasteiger partial charge in [0.1, 0.15) is 12.5 Å². The Morgan fingerprint density at radius 1 is 1.08 bits per heavy atom. The van der Waals surface area contributed by atoms with E-state index in [9.17, 15) is 8.78 Å². The van der Waals surface area contributed by atoms with Crippen LogP contribution in [0.25, 0.3) is 34.3 Å². The van der Waals surface area contributed by atoms with Crippen molar-refractivity contribution in [3.8, 4) is 34.3 Å². The predicted molar refractivity (Wildman–Crippen MR) is 138 cm³/mol. The molecular formula is C26H28F2N6OS. The van der Waals surface area contributed by atoms with Crippen molar-refractivity contribution in [2.75, 3.05) is 12.4 Å². The molecule has 36 heavy (non-hydrogen) atoms. The second-order valence-corrected chi connectivity index (χ2v) is 10.0. The number of thioether (sulfide) groups is 1. The summed E-state index contributed by atoms with van der Waals surface area (Å²) in [4.78, 5) is 10.0. The molecule has 2 aromatic heterocycles. The van der Waals surface area contributed by atoms with E-state index < -0.39 is 12.5 Å². The Morgan fingerprint density at radius 3 is 2.53 bits per heavy atom. The topological polar surface area (TPSA) is 103 Å². The van der Waals surface area contributed by atoms with E-state index in [1.165, 1.54) is 11.0 Å². The van der Waals surface area contributed by atoms with E-state index in [2.05, 4.69) is 51.5 Å². The van der Waals surface area contributed by atoms with Gasteiger partial charge in [0.2, 0.25) is 0 Å². The van der Waals surface area contributed by atoms with Crippen LogP contribution in [0.1, 0.15) is 32.8 Å². The van der Waals surface area contributed by atoms with Crippen LogP contribution in [0.2, 0.25) is 0 Å². The summed E-state index contributed by atoms with van der Waals surface area (Å²) in [6.45, 7) is 5.92. The van der Waals surface area contributed by atoms with Crippen LogP contribution < -0.4 is 11.1 Å². The zero-order valence-corrected chi connectivity index (χ0v) is 21.1. The Kier molecular flexibility index (Phi) is 8.27. The normalized spacial score (nSPS) is 13.0. The molecule has 0 bridgehead atoms. The quantitative estimate of drug-likeness (QED) is 0.254. The van der Waals surface area contributed by atoms with E-state index in [1.54, 1.807) is 25.3 Å². The molecule has 2 atom stereocenters. The van der Waals surface area contributed by atoms with Crippen molar-refractivity contribution in [2.24, 2.45) is 0 Å². The van der Waals surface area contributed by atoms with Crippen LogP contribution in [0.5, 0.6) is 0 Å². The van der Waals surface area contributed by atoms with Crippen molar-refractivity contribution in [3.05, 3.63) is 60.0 Å². The maximum atomic E-state index is 14.8. The molecule has 0 saturated carbocycles. The molecule has 4 rings (SSSR count). The maximum Gasteiger partial charge on any atom is 0.270 e.